The maximum atomic E-state index is 13.4. The number of ether oxygens (including phenoxy) is 1. The number of hydrogen-bond donors (Lipinski definition) is 2. The number of nitrogens with zero attached hydrogens (tertiary/aromatic N) is 5. The molecule has 192 valence electrons. The first-order chi connectivity index (χ1) is 17.9. The van der Waals surface area contributed by atoms with Gasteiger partial charge in [0.1, 0.15) is 24.3 Å². The van der Waals surface area contributed by atoms with Gasteiger partial charge in [0.05, 0.1) is 7.11 Å². The molecule has 1 fully saturated rings. The predicted molar refractivity (Wildman–Crippen MR) is 141 cm³/mol. The van der Waals surface area contributed by atoms with E-state index in [-0.39, 0.29) is 16.6 Å². The van der Waals surface area contributed by atoms with E-state index in [0.29, 0.717) is 38.2 Å². The first-order valence-electron chi connectivity index (χ1n) is 11.9. The highest BCUT2D eigenvalue weighted by molar-refractivity contribution is 7.89. The summed E-state index contributed by atoms with van der Waals surface area (Å²) in [5.74, 6) is 6.76. The van der Waals surface area contributed by atoms with Crippen LogP contribution in [0.5, 0.6) is 11.5 Å². The molecule has 4 aromatic rings. The number of sulfonamides is 1. The average molecular weight is 521 g/mol. The van der Waals surface area contributed by atoms with Crippen LogP contribution in [0.3, 0.4) is 0 Å². The van der Waals surface area contributed by atoms with E-state index in [1.165, 1.54) is 23.5 Å². The number of rotatable bonds is 8. The largest absolute Gasteiger partial charge is 0.497 e. The van der Waals surface area contributed by atoms with Gasteiger partial charge in [0, 0.05) is 62.0 Å². The molecule has 3 aromatic heterocycles. The minimum Gasteiger partial charge on any atom is -0.497 e. The molecule has 13 heteroatoms. The van der Waals surface area contributed by atoms with Gasteiger partial charge >= 0.3 is 0 Å². The SMILES string of the molecule is Bc1cnn2c(NCc3cccnc3)cc(C3CCN(S(=O)(=O)c4cc(OC)ccc4ON)CC3)nc12. The summed E-state index contributed by atoms with van der Waals surface area (Å²) in [5.41, 5.74) is 3.71. The van der Waals surface area contributed by atoms with Gasteiger partial charge in [0.2, 0.25) is 10.0 Å². The number of fused-ring (bicyclic) bond motifs is 1. The normalized spacial score (nSPS) is 15.1. The standard InChI is InChI=1S/C24H28BN7O4S/c1-35-18-4-5-21(36-26)22(11-18)37(33,34)31-9-6-17(7-10-31)20-12-23(28-14-16-3-2-8-27-13-16)32-24(30-20)19(25)15-29-32/h2-5,8,11-13,15,17,28H,6-7,9-10,14,25-26H2,1H3. The smallest absolute Gasteiger partial charge is 0.246 e. The Morgan fingerprint density at radius 3 is 2.70 bits per heavy atom. The molecule has 3 N–H and O–H groups in total. The molecule has 0 spiro atoms. The molecular formula is C24H28BN7O4S. The predicted octanol–water partition coefficient (Wildman–Crippen LogP) is 0.824. The van der Waals surface area contributed by atoms with Gasteiger partial charge in [0.15, 0.2) is 11.4 Å². The van der Waals surface area contributed by atoms with Crippen LogP contribution in [0, 0.1) is 0 Å². The Balaban J connectivity index is 1.37. The highest BCUT2D eigenvalue weighted by Gasteiger charge is 2.33. The lowest BCUT2D eigenvalue weighted by Gasteiger charge is -2.31. The number of nitrogens with two attached hydrogens (primary N) is 1. The van der Waals surface area contributed by atoms with Gasteiger partial charge < -0.3 is 14.9 Å². The number of nitrogens with one attached hydrogen (secondary N) is 1. The molecule has 0 atom stereocenters. The Hall–Kier alpha value is -3.68. The lowest BCUT2D eigenvalue weighted by molar-refractivity contribution is 0.306. The molecule has 4 heterocycles. The quantitative estimate of drug-likeness (QED) is 0.255. The molecule has 37 heavy (non-hydrogen) atoms. The van der Waals surface area contributed by atoms with Crippen molar-refractivity contribution in [3.8, 4) is 11.5 Å². The summed E-state index contributed by atoms with van der Waals surface area (Å²) in [6.07, 6.45) is 6.61. The fourth-order valence-corrected chi connectivity index (χ4v) is 6.17. The van der Waals surface area contributed by atoms with Crippen LogP contribution in [0.2, 0.25) is 0 Å². The number of aromatic nitrogens is 4. The third kappa shape index (κ3) is 4.97. The minimum atomic E-state index is -3.83. The van der Waals surface area contributed by atoms with Crippen LogP contribution >= 0.6 is 0 Å². The summed E-state index contributed by atoms with van der Waals surface area (Å²) in [5, 5.41) is 7.93. The lowest BCUT2D eigenvalue weighted by Crippen LogP contribution is -2.38. The van der Waals surface area contributed by atoms with Gasteiger partial charge in [-0.2, -0.15) is 19.8 Å². The number of methoxy groups -OCH3 is 1. The van der Waals surface area contributed by atoms with Crippen LogP contribution in [-0.2, 0) is 16.6 Å². The molecule has 5 rings (SSSR count). The van der Waals surface area contributed by atoms with Crippen molar-refractivity contribution in [2.45, 2.75) is 30.2 Å². The van der Waals surface area contributed by atoms with Gasteiger partial charge in [-0.25, -0.2) is 13.4 Å². The van der Waals surface area contributed by atoms with Gasteiger partial charge in [-0.15, -0.1) is 0 Å². The van der Waals surface area contributed by atoms with E-state index in [4.69, 9.17) is 20.5 Å². The summed E-state index contributed by atoms with van der Waals surface area (Å²) in [4.78, 5) is 13.9. The van der Waals surface area contributed by atoms with Crippen molar-refractivity contribution in [1.29, 1.82) is 0 Å². The van der Waals surface area contributed by atoms with Gasteiger partial charge in [-0.3, -0.25) is 4.98 Å². The summed E-state index contributed by atoms with van der Waals surface area (Å²) < 4.78 is 35.3. The summed E-state index contributed by atoms with van der Waals surface area (Å²) in [6.45, 7) is 1.28. The van der Waals surface area contributed by atoms with Crippen LogP contribution < -0.4 is 26.3 Å². The second kappa shape index (κ2) is 10.4. The Labute approximate surface area is 216 Å². The third-order valence-electron chi connectivity index (χ3n) is 6.63. The van der Waals surface area contributed by atoms with Crippen molar-refractivity contribution in [2.24, 2.45) is 5.90 Å². The van der Waals surface area contributed by atoms with Crippen molar-refractivity contribution in [3.05, 3.63) is 66.2 Å². The zero-order valence-corrected chi connectivity index (χ0v) is 21.5. The Bertz CT molecular complexity index is 1510. The molecule has 11 nitrogen and oxygen atoms in total. The first kappa shape index (κ1) is 25.0. The van der Waals surface area contributed by atoms with Crippen LogP contribution in [-0.4, -0.2) is 60.4 Å². The zero-order chi connectivity index (χ0) is 26.0. The fraction of sp³-hybridized carbons (Fsp3) is 0.292. The molecule has 0 bridgehead atoms. The highest BCUT2D eigenvalue weighted by Crippen LogP contribution is 2.35. The zero-order valence-electron chi connectivity index (χ0n) is 20.7. The second-order valence-corrected chi connectivity index (χ2v) is 10.9. The molecule has 0 saturated carbocycles. The molecular weight excluding hydrogens is 493 g/mol. The monoisotopic (exact) mass is 521 g/mol. The Morgan fingerprint density at radius 2 is 2.00 bits per heavy atom. The summed E-state index contributed by atoms with van der Waals surface area (Å²) >= 11 is 0. The Morgan fingerprint density at radius 1 is 1.19 bits per heavy atom. The molecule has 1 aliphatic rings. The summed E-state index contributed by atoms with van der Waals surface area (Å²) in [6, 6.07) is 10.4. The van der Waals surface area contributed by atoms with E-state index in [0.717, 1.165) is 28.2 Å². The highest BCUT2D eigenvalue weighted by atomic mass is 32.2. The topological polar surface area (TPSA) is 137 Å². The number of pyridine rings is 1. The van der Waals surface area contributed by atoms with Crippen molar-refractivity contribution in [3.63, 3.8) is 0 Å². The third-order valence-corrected chi connectivity index (χ3v) is 8.55. The average Bonchev–Trinajstić information content (AvgIpc) is 3.32. The van der Waals surface area contributed by atoms with Crippen LogP contribution in [0.4, 0.5) is 5.82 Å². The van der Waals surface area contributed by atoms with E-state index < -0.39 is 10.0 Å². The van der Waals surface area contributed by atoms with E-state index in [1.807, 2.05) is 32.2 Å². The summed E-state index contributed by atoms with van der Waals surface area (Å²) in [7, 11) is -0.372. The maximum absolute atomic E-state index is 13.4. The van der Waals surface area contributed by atoms with Gasteiger partial charge in [-0.1, -0.05) is 6.07 Å². The second-order valence-electron chi connectivity index (χ2n) is 8.95. The molecule has 0 radical (unpaired) electrons. The molecule has 0 unspecified atom stereocenters. The number of anilines is 1. The Kier molecular flexibility index (Phi) is 7.00. The van der Waals surface area contributed by atoms with Crippen LogP contribution in [0.25, 0.3) is 5.65 Å². The minimum absolute atomic E-state index is 0.0101. The number of hydrogen-bond acceptors (Lipinski definition) is 9. The fourth-order valence-electron chi connectivity index (χ4n) is 4.57. The molecule has 1 saturated heterocycles. The molecule has 0 amide bonds. The molecule has 1 aliphatic heterocycles. The number of piperidine rings is 1. The van der Waals surface area contributed by atoms with Gasteiger partial charge in [-0.05, 0) is 42.1 Å². The van der Waals surface area contributed by atoms with Gasteiger partial charge in [0.25, 0.3) is 0 Å². The lowest BCUT2D eigenvalue weighted by atomic mass is 9.94. The van der Waals surface area contributed by atoms with E-state index in [2.05, 4.69) is 15.4 Å². The van der Waals surface area contributed by atoms with Crippen LogP contribution in [0.15, 0.2) is 59.9 Å². The molecule has 0 aliphatic carbocycles. The first-order valence-corrected chi connectivity index (χ1v) is 13.4. The molecule has 1 aromatic carbocycles. The van der Waals surface area contributed by atoms with E-state index in [9.17, 15) is 8.42 Å². The van der Waals surface area contributed by atoms with Crippen molar-refractivity contribution >= 4 is 34.8 Å². The van der Waals surface area contributed by atoms with E-state index in [1.54, 1.807) is 23.0 Å². The van der Waals surface area contributed by atoms with Crippen molar-refractivity contribution in [1.82, 2.24) is 23.9 Å². The number of benzene rings is 1. The maximum Gasteiger partial charge on any atom is 0.246 e. The van der Waals surface area contributed by atoms with E-state index >= 15 is 0 Å². The van der Waals surface area contributed by atoms with Crippen molar-refractivity contribution in [2.75, 3.05) is 25.5 Å². The van der Waals surface area contributed by atoms with Crippen molar-refractivity contribution < 1.29 is 18.0 Å². The van der Waals surface area contributed by atoms with Crippen LogP contribution in [0.1, 0.15) is 30.0 Å².